The van der Waals surface area contributed by atoms with Gasteiger partial charge >= 0.3 is 0 Å². The lowest BCUT2D eigenvalue weighted by atomic mass is 9.87. The van der Waals surface area contributed by atoms with Gasteiger partial charge in [-0.3, -0.25) is 4.79 Å². The molecule has 0 radical (unpaired) electrons. The third-order valence-corrected chi connectivity index (χ3v) is 7.82. The number of amides is 1. The van der Waals surface area contributed by atoms with Gasteiger partial charge in [0, 0.05) is 36.8 Å². The highest BCUT2D eigenvalue weighted by Gasteiger charge is 2.40. The van der Waals surface area contributed by atoms with E-state index < -0.39 is 4.75 Å². The Balaban J connectivity index is 1.59. The third kappa shape index (κ3) is 5.06. The van der Waals surface area contributed by atoms with E-state index in [1.807, 2.05) is 12.1 Å². The molecule has 2 aromatic carbocycles. The number of nitriles is 1. The number of rotatable bonds is 6. The first kappa shape index (κ1) is 21.7. The van der Waals surface area contributed by atoms with Crippen LogP contribution >= 0.6 is 11.8 Å². The second-order valence-electron chi connectivity index (χ2n) is 8.28. The monoisotopic (exact) mass is 434 g/mol. The summed E-state index contributed by atoms with van der Waals surface area (Å²) in [7, 11) is 0. The van der Waals surface area contributed by atoms with Gasteiger partial charge in [-0.1, -0.05) is 49.6 Å². The molecule has 2 fully saturated rings. The lowest BCUT2D eigenvalue weighted by Gasteiger charge is -2.35. The van der Waals surface area contributed by atoms with E-state index in [0.29, 0.717) is 0 Å². The average Bonchev–Trinajstić information content (AvgIpc) is 2.84. The topological polar surface area (TPSA) is 68.2 Å². The molecule has 1 aliphatic carbocycles. The van der Waals surface area contributed by atoms with Crippen LogP contribution < -0.4 is 15.5 Å². The molecule has 1 heterocycles. The number of thioether (sulfide) groups is 1. The van der Waals surface area contributed by atoms with E-state index in [0.717, 1.165) is 62.3 Å². The minimum absolute atomic E-state index is 0.00242. The van der Waals surface area contributed by atoms with Gasteiger partial charge in [0.25, 0.3) is 0 Å². The Morgan fingerprint density at radius 3 is 2.48 bits per heavy atom. The molecular formula is C25H30N4OS. The van der Waals surface area contributed by atoms with E-state index in [9.17, 15) is 4.79 Å². The summed E-state index contributed by atoms with van der Waals surface area (Å²) in [5.74, 6) is 0.00242. The van der Waals surface area contributed by atoms with Gasteiger partial charge in [0.2, 0.25) is 5.91 Å². The van der Waals surface area contributed by atoms with Crippen molar-refractivity contribution in [1.29, 1.82) is 5.26 Å². The first-order chi connectivity index (χ1) is 15.2. The SMILES string of the molecule is N#CCNC(=O)C1(Sc2ccccc2-c2ccc(N3CCNCC3)cc2)CCCCC1. The lowest BCUT2D eigenvalue weighted by Crippen LogP contribution is -2.45. The number of nitrogens with zero attached hydrogens (tertiary/aromatic N) is 2. The molecule has 1 saturated carbocycles. The van der Waals surface area contributed by atoms with Crippen LogP contribution in [0.5, 0.6) is 0 Å². The molecule has 0 aromatic heterocycles. The standard InChI is InChI=1S/C25H30N4OS/c26-14-15-28-24(30)25(12-4-1-5-13-25)31-23-7-3-2-6-22(23)20-8-10-21(11-9-20)29-18-16-27-17-19-29/h2-3,6-11,27H,1,4-5,12-13,15-19H2,(H,28,30). The summed E-state index contributed by atoms with van der Waals surface area (Å²) in [6.07, 6.45) is 4.97. The lowest BCUT2D eigenvalue weighted by molar-refractivity contribution is -0.124. The van der Waals surface area contributed by atoms with Crippen molar-refractivity contribution < 1.29 is 4.79 Å². The van der Waals surface area contributed by atoms with Crippen molar-refractivity contribution in [3.8, 4) is 17.2 Å². The van der Waals surface area contributed by atoms with E-state index >= 15 is 0 Å². The molecule has 5 nitrogen and oxygen atoms in total. The van der Waals surface area contributed by atoms with Gasteiger partial charge in [0.15, 0.2) is 0 Å². The summed E-state index contributed by atoms with van der Waals surface area (Å²) in [6.45, 7) is 4.18. The molecule has 4 rings (SSSR count). The molecule has 1 aliphatic heterocycles. The van der Waals surface area contributed by atoms with Crippen molar-refractivity contribution in [2.45, 2.75) is 41.7 Å². The average molecular weight is 435 g/mol. The van der Waals surface area contributed by atoms with Gasteiger partial charge in [0.1, 0.15) is 6.54 Å². The molecule has 162 valence electrons. The van der Waals surface area contributed by atoms with Gasteiger partial charge in [-0.25, -0.2) is 0 Å². The quantitative estimate of drug-likeness (QED) is 0.667. The zero-order chi connectivity index (χ0) is 21.5. The number of anilines is 1. The Morgan fingerprint density at radius 1 is 1.06 bits per heavy atom. The fraction of sp³-hybridized carbons (Fsp3) is 0.440. The summed E-state index contributed by atoms with van der Waals surface area (Å²) < 4.78 is -0.494. The molecule has 0 atom stereocenters. The first-order valence-electron chi connectivity index (χ1n) is 11.2. The van der Waals surface area contributed by atoms with Gasteiger partial charge < -0.3 is 15.5 Å². The maximum atomic E-state index is 13.1. The fourth-order valence-electron chi connectivity index (χ4n) is 4.56. The van der Waals surface area contributed by atoms with Crippen molar-refractivity contribution in [3.63, 3.8) is 0 Å². The van der Waals surface area contributed by atoms with E-state index in [-0.39, 0.29) is 12.5 Å². The molecule has 2 N–H and O–H groups in total. The highest BCUT2D eigenvalue weighted by atomic mass is 32.2. The summed E-state index contributed by atoms with van der Waals surface area (Å²) in [6, 6.07) is 19.2. The van der Waals surface area contributed by atoms with E-state index in [1.165, 1.54) is 17.7 Å². The Labute approximate surface area is 189 Å². The van der Waals surface area contributed by atoms with Crippen LogP contribution in [-0.4, -0.2) is 43.4 Å². The van der Waals surface area contributed by atoms with Crippen molar-refractivity contribution in [3.05, 3.63) is 48.5 Å². The number of hydrogen-bond donors (Lipinski definition) is 2. The minimum atomic E-state index is -0.494. The Bertz CT molecular complexity index is 925. The molecule has 2 aliphatic rings. The zero-order valence-corrected chi connectivity index (χ0v) is 18.7. The molecule has 31 heavy (non-hydrogen) atoms. The maximum Gasteiger partial charge on any atom is 0.237 e. The number of benzene rings is 2. The minimum Gasteiger partial charge on any atom is -0.369 e. The molecule has 2 aromatic rings. The van der Waals surface area contributed by atoms with Crippen LogP contribution in [0.1, 0.15) is 32.1 Å². The number of carbonyl (C=O) groups is 1. The summed E-state index contributed by atoms with van der Waals surface area (Å²) >= 11 is 1.68. The first-order valence-corrected chi connectivity index (χ1v) is 12.0. The Morgan fingerprint density at radius 2 is 1.77 bits per heavy atom. The van der Waals surface area contributed by atoms with Crippen LogP contribution in [0.15, 0.2) is 53.4 Å². The smallest absolute Gasteiger partial charge is 0.237 e. The summed E-state index contributed by atoms with van der Waals surface area (Å²) in [5.41, 5.74) is 3.60. The van der Waals surface area contributed by atoms with E-state index in [2.05, 4.69) is 58.0 Å². The van der Waals surface area contributed by atoms with E-state index in [1.54, 1.807) is 11.8 Å². The fourth-order valence-corrected chi connectivity index (χ4v) is 6.08. The number of carbonyl (C=O) groups excluding carboxylic acids is 1. The van der Waals surface area contributed by atoms with Crippen LogP contribution in [0.2, 0.25) is 0 Å². The molecule has 0 spiro atoms. The second kappa shape index (κ2) is 10.2. The van der Waals surface area contributed by atoms with Crippen molar-refractivity contribution in [2.75, 3.05) is 37.6 Å². The van der Waals surface area contributed by atoms with Crippen molar-refractivity contribution >= 4 is 23.4 Å². The number of piperazine rings is 1. The van der Waals surface area contributed by atoms with Crippen LogP contribution in [0.25, 0.3) is 11.1 Å². The predicted molar refractivity (Wildman–Crippen MR) is 127 cm³/mol. The summed E-state index contributed by atoms with van der Waals surface area (Å²) in [4.78, 5) is 16.6. The Kier molecular flexibility index (Phi) is 7.16. The molecular weight excluding hydrogens is 404 g/mol. The van der Waals surface area contributed by atoms with E-state index in [4.69, 9.17) is 5.26 Å². The van der Waals surface area contributed by atoms with Gasteiger partial charge in [-0.05, 0) is 42.2 Å². The van der Waals surface area contributed by atoms with Crippen molar-refractivity contribution in [1.82, 2.24) is 10.6 Å². The largest absolute Gasteiger partial charge is 0.369 e. The van der Waals surface area contributed by atoms with Crippen LogP contribution in [0.3, 0.4) is 0 Å². The second-order valence-corrected chi connectivity index (χ2v) is 9.70. The highest BCUT2D eigenvalue weighted by Crippen LogP contribution is 2.47. The number of hydrogen-bond acceptors (Lipinski definition) is 5. The van der Waals surface area contributed by atoms with Crippen LogP contribution in [0, 0.1) is 11.3 Å². The van der Waals surface area contributed by atoms with Crippen molar-refractivity contribution in [2.24, 2.45) is 0 Å². The summed E-state index contributed by atoms with van der Waals surface area (Å²) in [5, 5.41) is 15.2. The molecule has 6 heteroatoms. The third-order valence-electron chi connectivity index (χ3n) is 6.26. The maximum absolute atomic E-state index is 13.1. The number of nitrogens with one attached hydrogen (secondary N) is 2. The van der Waals surface area contributed by atoms with Gasteiger partial charge in [-0.15, -0.1) is 11.8 Å². The van der Waals surface area contributed by atoms with Gasteiger partial charge in [-0.2, -0.15) is 5.26 Å². The molecule has 1 amide bonds. The highest BCUT2D eigenvalue weighted by molar-refractivity contribution is 8.01. The Hall–Kier alpha value is -2.49. The molecule has 0 bridgehead atoms. The van der Waals surface area contributed by atoms with Gasteiger partial charge in [0.05, 0.1) is 10.8 Å². The zero-order valence-electron chi connectivity index (χ0n) is 17.9. The van der Waals surface area contributed by atoms with Crippen LogP contribution in [0.4, 0.5) is 5.69 Å². The normalized spacial score (nSPS) is 18.2. The van der Waals surface area contributed by atoms with Crippen LogP contribution in [-0.2, 0) is 4.79 Å². The molecule has 0 unspecified atom stereocenters. The predicted octanol–water partition coefficient (Wildman–Crippen LogP) is 4.20. The molecule has 1 saturated heterocycles.